The third-order valence-corrected chi connectivity index (χ3v) is 2.66. The third-order valence-electron chi connectivity index (χ3n) is 2.66. The summed E-state index contributed by atoms with van der Waals surface area (Å²) in [5, 5.41) is 9.60. The second-order valence-electron chi connectivity index (χ2n) is 4.04. The van der Waals surface area contributed by atoms with Crippen LogP contribution in [0.1, 0.15) is 45.4 Å². The summed E-state index contributed by atoms with van der Waals surface area (Å²) in [6.07, 6.45) is 10.7. The van der Waals surface area contributed by atoms with Gasteiger partial charge in [0, 0.05) is 12.0 Å². The maximum absolute atomic E-state index is 11.2. The van der Waals surface area contributed by atoms with E-state index in [2.05, 4.69) is 6.92 Å². The fourth-order valence-corrected chi connectivity index (χ4v) is 1.69. The van der Waals surface area contributed by atoms with Gasteiger partial charge in [0.2, 0.25) is 0 Å². The van der Waals surface area contributed by atoms with Gasteiger partial charge in [0.1, 0.15) is 0 Å². The number of unbranched alkanes of at least 4 members (excludes halogenated alkanes) is 2. The maximum atomic E-state index is 11.2. The standard InChI is InChI=1S/C13H20O2/c1-2-3-4-7-12(14)10-9-11-6-5-8-13(11)15/h6,9-10,12,14H,2-5,7-8H2,1H3. The van der Waals surface area contributed by atoms with E-state index in [4.69, 9.17) is 0 Å². The first kappa shape index (κ1) is 12.2. The minimum absolute atomic E-state index is 0.201. The van der Waals surface area contributed by atoms with E-state index in [1.165, 1.54) is 6.42 Å². The molecule has 1 unspecified atom stereocenters. The molecule has 0 aliphatic heterocycles. The van der Waals surface area contributed by atoms with Crippen LogP contribution in [0.3, 0.4) is 0 Å². The highest BCUT2D eigenvalue weighted by molar-refractivity contribution is 6.00. The van der Waals surface area contributed by atoms with Crippen LogP contribution < -0.4 is 0 Å². The molecule has 0 bridgehead atoms. The number of ketones is 1. The van der Waals surface area contributed by atoms with Crippen LogP contribution in [0.15, 0.2) is 23.8 Å². The van der Waals surface area contributed by atoms with Crippen molar-refractivity contribution in [1.82, 2.24) is 0 Å². The zero-order chi connectivity index (χ0) is 11.1. The van der Waals surface area contributed by atoms with Crippen LogP contribution in [0.4, 0.5) is 0 Å². The smallest absolute Gasteiger partial charge is 0.162 e. The lowest BCUT2D eigenvalue weighted by Crippen LogP contribution is -2.02. The van der Waals surface area contributed by atoms with Crippen LogP contribution in [-0.4, -0.2) is 17.0 Å². The Hall–Kier alpha value is -0.890. The van der Waals surface area contributed by atoms with Crippen molar-refractivity contribution in [2.75, 3.05) is 0 Å². The van der Waals surface area contributed by atoms with E-state index in [9.17, 15) is 9.90 Å². The second-order valence-corrected chi connectivity index (χ2v) is 4.04. The molecule has 0 heterocycles. The Balaban J connectivity index is 2.27. The number of hydrogen-bond donors (Lipinski definition) is 1. The highest BCUT2D eigenvalue weighted by Gasteiger charge is 2.11. The predicted octanol–water partition coefficient (Wildman–Crippen LogP) is 2.77. The van der Waals surface area contributed by atoms with E-state index in [0.717, 1.165) is 31.3 Å². The predicted molar refractivity (Wildman–Crippen MR) is 61.6 cm³/mol. The molecule has 0 aromatic carbocycles. The first-order valence-electron chi connectivity index (χ1n) is 5.83. The first-order chi connectivity index (χ1) is 7.24. The summed E-state index contributed by atoms with van der Waals surface area (Å²) in [7, 11) is 0. The lowest BCUT2D eigenvalue weighted by molar-refractivity contribution is -0.114. The van der Waals surface area contributed by atoms with Gasteiger partial charge >= 0.3 is 0 Å². The summed E-state index contributed by atoms with van der Waals surface area (Å²) in [4.78, 5) is 11.2. The zero-order valence-corrected chi connectivity index (χ0v) is 9.41. The summed E-state index contributed by atoms with van der Waals surface area (Å²) in [6.45, 7) is 2.14. The highest BCUT2D eigenvalue weighted by atomic mass is 16.3. The largest absolute Gasteiger partial charge is 0.389 e. The molecule has 84 valence electrons. The van der Waals surface area contributed by atoms with E-state index in [1.807, 2.05) is 6.08 Å². The van der Waals surface area contributed by atoms with Crippen molar-refractivity contribution in [3.8, 4) is 0 Å². The van der Waals surface area contributed by atoms with Gasteiger partial charge in [0.05, 0.1) is 6.10 Å². The van der Waals surface area contributed by atoms with E-state index in [0.29, 0.717) is 6.42 Å². The van der Waals surface area contributed by atoms with Crippen molar-refractivity contribution < 1.29 is 9.90 Å². The molecule has 1 N–H and O–H groups in total. The Morgan fingerprint density at radius 3 is 2.93 bits per heavy atom. The van der Waals surface area contributed by atoms with E-state index in [-0.39, 0.29) is 5.78 Å². The van der Waals surface area contributed by atoms with Crippen molar-refractivity contribution >= 4 is 5.78 Å². The van der Waals surface area contributed by atoms with Gasteiger partial charge in [-0.3, -0.25) is 4.79 Å². The van der Waals surface area contributed by atoms with Crippen LogP contribution >= 0.6 is 0 Å². The van der Waals surface area contributed by atoms with Gasteiger partial charge in [-0.15, -0.1) is 0 Å². The molecule has 0 aromatic rings. The zero-order valence-electron chi connectivity index (χ0n) is 9.41. The van der Waals surface area contributed by atoms with Crippen LogP contribution in [0.25, 0.3) is 0 Å². The minimum atomic E-state index is -0.397. The van der Waals surface area contributed by atoms with Gasteiger partial charge in [0.15, 0.2) is 5.78 Å². The number of carbonyl (C=O) groups excluding carboxylic acids is 1. The molecule has 2 heteroatoms. The molecule has 0 spiro atoms. The first-order valence-corrected chi connectivity index (χ1v) is 5.83. The van der Waals surface area contributed by atoms with Crippen molar-refractivity contribution in [2.45, 2.75) is 51.6 Å². The van der Waals surface area contributed by atoms with Gasteiger partial charge < -0.3 is 5.11 Å². The monoisotopic (exact) mass is 208 g/mol. The van der Waals surface area contributed by atoms with E-state index >= 15 is 0 Å². The molecule has 1 aliphatic rings. The number of allylic oxidation sites excluding steroid dienone is 3. The Morgan fingerprint density at radius 2 is 2.33 bits per heavy atom. The topological polar surface area (TPSA) is 37.3 Å². The number of aliphatic hydroxyl groups excluding tert-OH is 1. The average molecular weight is 208 g/mol. The second kappa shape index (κ2) is 6.57. The fraction of sp³-hybridized carbons (Fsp3) is 0.615. The van der Waals surface area contributed by atoms with Crippen LogP contribution in [-0.2, 0) is 4.79 Å². The summed E-state index contributed by atoms with van der Waals surface area (Å²) >= 11 is 0. The molecule has 0 fully saturated rings. The molecule has 2 nitrogen and oxygen atoms in total. The van der Waals surface area contributed by atoms with Crippen molar-refractivity contribution in [2.24, 2.45) is 0 Å². The summed E-state index contributed by atoms with van der Waals surface area (Å²) in [5.41, 5.74) is 0.768. The molecule has 1 rings (SSSR count). The third kappa shape index (κ3) is 4.43. The molecule has 0 amide bonds. The molecule has 0 saturated heterocycles. The molecular weight excluding hydrogens is 188 g/mol. The number of aliphatic hydroxyl groups is 1. The van der Waals surface area contributed by atoms with Crippen molar-refractivity contribution in [3.63, 3.8) is 0 Å². The molecule has 1 atom stereocenters. The molecule has 0 radical (unpaired) electrons. The Morgan fingerprint density at radius 1 is 1.53 bits per heavy atom. The lowest BCUT2D eigenvalue weighted by Gasteiger charge is -2.03. The summed E-state index contributed by atoms with van der Waals surface area (Å²) < 4.78 is 0. The number of rotatable bonds is 6. The molecule has 0 aromatic heterocycles. The summed E-state index contributed by atoms with van der Waals surface area (Å²) in [5.74, 6) is 0.201. The minimum Gasteiger partial charge on any atom is -0.389 e. The van der Waals surface area contributed by atoms with E-state index in [1.54, 1.807) is 12.2 Å². The SMILES string of the molecule is CCCCCC(O)C=CC1=CCCC1=O. The van der Waals surface area contributed by atoms with Gasteiger partial charge in [-0.25, -0.2) is 0 Å². The maximum Gasteiger partial charge on any atom is 0.162 e. The highest BCUT2D eigenvalue weighted by Crippen LogP contribution is 2.15. The van der Waals surface area contributed by atoms with Gasteiger partial charge in [0.25, 0.3) is 0 Å². The Kier molecular flexibility index (Phi) is 5.33. The van der Waals surface area contributed by atoms with Crippen molar-refractivity contribution in [3.05, 3.63) is 23.8 Å². The average Bonchev–Trinajstić information content (AvgIpc) is 2.61. The molecular formula is C13H20O2. The Labute approximate surface area is 91.7 Å². The lowest BCUT2D eigenvalue weighted by atomic mass is 10.1. The number of Topliss-reactive ketones (excluding diaryl/α,β-unsaturated/α-hetero) is 1. The number of carbonyl (C=O) groups is 1. The molecule has 1 aliphatic carbocycles. The quantitative estimate of drug-likeness (QED) is 0.681. The summed E-state index contributed by atoms with van der Waals surface area (Å²) in [6, 6.07) is 0. The number of hydrogen-bond acceptors (Lipinski definition) is 2. The van der Waals surface area contributed by atoms with E-state index < -0.39 is 6.10 Å². The van der Waals surface area contributed by atoms with Crippen molar-refractivity contribution in [1.29, 1.82) is 0 Å². The molecule has 15 heavy (non-hydrogen) atoms. The van der Waals surface area contributed by atoms with Gasteiger partial charge in [-0.05, 0) is 12.8 Å². The van der Waals surface area contributed by atoms with Crippen LogP contribution in [0, 0.1) is 0 Å². The Bertz CT molecular complexity index is 264. The van der Waals surface area contributed by atoms with Gasteiger partial charge in [-0.1, -0.05) is 44.4 Å². The normalized spacial score (nSPS) is 18.5. The van der Waals surface area contributed by atoms with Crippen LogP contribution in [0.2, 0.25) is 0 Å². The van der Waals surface area contributed by atoms with Crippen LogP contribution in [0.5, 0.6) is 0 Å². The van der Waals surface area contributed by atoms with Gasteiger partial charge in [-0.2, -0.15) is 0 Å². The fourth-order valence-electron chi connectivity index (χ4n) is 1.69. The molecule has 0 saturated carbocycles.